The number of rotatable bonds is 7. The lowest BCUT2D eigenvalue weighted by Crippen LogP contribution is -2.03. The number of methoxy groups -OCH3 is 1. The Morgan fingerprint density at radius 2 is 2.39 bits per heavy atom. The van der Waals surface area contributed by atoms with Crippen molar-refractivity contribution in [1.29, 1.82) is 0 Å². The van der Waals surface area contributed by atoms with Crippen molar-refractivity contribution in [2.24, 2.45) is 0 Å². The van der Waals surface area contributed by atoms with Gasteiger partial charge in [0.1, 0.15) is 6.33 Å². The number of ether oxygens (including phenoxy) is 1. The molecular formula is C15H15N3O3S2. The van der Waals surface area contributed by atoms with Crippen LogP contribution in [0.1, 0.15) is 21.0 Å². The highest BCUT2D eigenvalue weighted by Crippen LogP contribution is 2.24. The van der Waals surface area contributed by atoms with Crippen LogP contribution in [0.15, 0.2) is 45.7 Å². The largest absolute Gasteiger partial charge is 0.463 e. The van der Waals surface area contributed by atoms with Crippen LogP contribution in [0.25, 0.3) is 0 Å². The van der Waals surface area contributed by atoms with Crippen molar-refractivity contribution in [3.05, 3.63) is 52.4 Å². The third-order valence-corrected chi connectivity index (χ3v) is 5.20. The molecule has 0 spiro atoms. The topological polar surface area (TPSA) is 70.2 Å². The van der Waals surface area contributed by atoms with E-state index in [2.05, 4.69) is 27.7 Å². The van der Waals surface area contributed by atoms with E-state index in [-0.39, 0.29) is 5.76 Å². The first-order chi connectivity index (χ1) is 11.3. The van der Waals surface area contributed by atoms with Gasteiger partial charge in [-0.3, -0.25) is 0 Å². The van der Waals surface area contributed by atoms with Crippen LogP contribution in [0, 0.1) is 0 Å². The van der Waals surface area contributed by atoms with E-state index in [1.807, 2.05) is 4.57 Å². The van der Waals surface area contributed by atoms with Crippen LogP contribution in [-0.4, -0.2) is 27.8 Å². The van der Waals surface area contributed by atoms with E-state index in [0.29, 0.717) is 5.75 Å². The highest BCUT2D eigenvalue weighted by molar-refractivity contribution is 7.98. The molecule has 3 heterocycles. The Hall–Kier alpha value is -2.06. The zero-order valence-electron chi connectivity index (χ0n) is 12.5. The highest BCUT2D eigenvalue weighted by Gasteiger charge is 2.17. The number of thioether (sulfide) groups is 1. The van der Waals surface area contributed by atoms with Crippen molar-refractivity contribution in [3.63, 3.8) is 0 Å². The second-order valence-electron chi connectivity index (χ2n) is 4.69. The van der Waals surface area contributed by atoms with Gasteiger partial charge in [-0.1, -0.05) is 17.8 Å². The van der Waals surface area contributed by atoms with Gasteiger partial charge in [0.15, 0.2) is 5.16 Å². The summed E-state index contributed by atoms with van der Waals surface area (Å²) < 4.78 is 11.9. The third kappa shape index (κ3) is 3.83. The lowest BCUT2D eigenvalue weighted by Gasteiger charge is -2.05. The molecule has 6 nitrogen and oxygen atoms in total. The molecule has 0 N–H and O–H groups in total. The van der Waals surface area contributed by atoms with Gasteiger partial charge in [-0.2, -0.15) is 0 Å². The van der Waals surface area contributed by atoms with Crippen molar-refractivity contribution in [2.45, 2.75) is 23.9 Å². The maximum atomic E-state index is 11.6. The summed E-state index contributed by atoms with van der Waals surface area (Å²) in [7, 11) is 1.34. The van der Waals surface area contributed by atoms with E-state index in [1.165, 1.54) is 30.0 Å². The van der Waals surface area contributed by atoms with Gasteiger partial charge in [0.2, 0.25) is 5.76 Å². The second kappa shape index (κ2) is 7.47. The molecule has 8 heteroatoms. The quantitative estimate of drug-likeness (QED) is 0.482. The van der Waals surface area contributed by atoms with Crippen LogP contribution in [-0.2, 0) is 23.5 Å². The zero-order valence-corrected chi connectivity index (χ0v) is 14.1. The van der Waals surface area contributed by atoms with Crippen LogP contribution in [0.4, 0.5) is 0 Å². The summed E-state index contributed by atoms with van der Waals surface area (Å²) in [6.07, 6.45) is 4.17. The molecule has 0 bridgehead atoms. The Kier molecular flexibility index (Phi) is 5.14. The van der Waals surface area contributed by atoms with E-state index >= 15 is 0 Å². The molecule has 23 heavy (non-hydrogen) atoms. The minimum atomic E-state index is -0.468. The van der Waals surface area contributed by atoms with Gasteiger partial charge >= 0.3 is 5.97 Å². The molecular weight excluding hydrogens is 334 g/mol. The smallest absolute Gasteiger partial charge is 0.374 e. The average Bonchev–Trinajstić information content (AvgIpc) is 3.30. The SMILES string of the molecule is COC(=O)c1occc1CSc1nncn1CCc1cccs1. The summed E-state index contributed by atoms with van der Waals surface area (Å²) in [6.45, 7) is 0.824. The van der Waals surface area contributed by atoms with Gasteiger partial charge in [0.25, 0.3) is 0 Å². The number of carbonyl (C=O) groups excluding carboxylic acids is 1. The number of hydrogen-bond donors (Lipinski definition) is 0. The second-order valence-corrected chi connectivity index (χ2v) is 6.67. The molecule has 120 valence electrons. The fourth-order valence-electron chi connectivity index (χ4n) is 2.06. The summed E-state index contributed by atoms with van der Waals surface area (Å²) in [6, 6.07) is 5.94. The van der Waals surface area contributed by atoms with Crippen LogP contribution in [0.3, 0.4) is 0 Å². The molecule has 3 aromatic rings. The Labute approximate surface area is 141 Å². The number of aromatic nitrogens is 3. The first-order valence-electron chi connectivity index (χ1n) is 6.95. The molecule has 0 unspecified atom stereocenters. The molecule has 0 aliphatic carbocycles. The number of esters is 1. The summed E-state index contributed by atoms with van der Waals surface area (Å²) >= 11 is 3.26. The van der Waals surface area contributed by atoms with Gasteiger partial charge in [-0.05, 0) is 23.9 Å². The third-order valence-electron chi connectivity index (χ3n) is 3.23. The molecule has 0 aliphatic rings. The standard InChI is InChI=1S/C15H15N3O3S2/c1-20-14(19)13-11(5-7-21-13)9-23-15-17-16-10-18(15)6-4-12-3-2-8-22-12/h2-3,5,7-8,10H,4,6,9H2,1H3. The molecule has 0 amide bonds. The van der Waals surface area contributed by atoms with E-state index in [0.717, 1.165) is 23.7 Å². The fraction of sp³-hybridized carbons (Fsp3) is 0.267. The summed E-state index contributed by atoms with van der Waals surface area (Å²) in [5, 5.41) is 11.0. The first kappa shape index (κ1) is 15.8. The fourth-order valence-corrected chi connectivity index (χ4v) is 3.68. The van der Waals surface area contributed by atoms with Crippen molar-refractivity contribution in [3.8, 4) is 0 Å². The maximum Gasteiger partial charge on any atom is 0.374 e. The van der Waals surface area contributed by atoms with Crippen molar-refractivity contribution < 1.29 is 13.9 Å². The van der Waals surface area contributed by atoms with E-state index in [9.17, 15) is 4.79 Å². The van der Waals surface area contributed by atoms with Crippen molar-refractivity contribution in [1.82, 2.24) is 14.8 Å². The number of carbonyl (C=O) groups is 1. The molecule has 0 fully saturated rings. The highest BCUT2D eigenvalue weighted by atomic mass is 32.2. The normalized spacial score (nSPS) is 10.8. The molecule has 3 aromatic heterocycles. The van der Waals surface area contributed by atoms with Gasteiger partial charge in [-0.25, -0.2) is 4.79 Å². The van der Waals surface area contributed by atoms with Crippen LogP contribution in [0.5, 0.6) is 0 Å². The van der Waals surface area contributed by atoms with E-state index in [4.69, 9.17) is 9.15 Å². The Morgan fingerprint density at radius 1 is 1.48 bits per heavy atom. The van der Waals surface area contributed by atoms with Crippen LogP contribution < -0.4 is 0 Å². The molecule has 0 radical (unpaired) electrons. The molecule has 0 atom stereocenters. The number of thiophene rings is 1. The van der Waals surface area contributed by atoms with Gasteiger partial charge in [-0.15, -0.1) is 21.5 Å². The van der Waals surface area contributed by atoms with E-state index in [1.54, 1.807) is 23.7 Å². The molecule has 0 aliphatic heterocycles. The summed E-state index contributed by atoms with van der Waals surface area (Å²) in [5.41, 5.74) is 0.787. The molecule has 3 rings (SSSR count). The Morgan fingerprint density at radius 3 is 3.17 bits per heavy atom. The number of furan rings is 1. The summed E-state index contributed by atoms with van der Waals surface area (Å²) in [4.78, 5) is 12.9. The monoisotopic (exact) mass is 349 g/mol. The van der Waals surface area contributed by atoms with Crippen LogP contribution in [0.2, 0.25) is 0 Å². The van der Waals surface area contributed by atoms with Gasteiger partial charge in [0, 0.05) is 22.7 Å². The van der Waals surface area contributed by atoms with E-state index < -0.39 is 5.97 Å². The molecule has 0 aromatic carbocycles. The number of nitrogens with zero attached hydrogens (tertiary/aromatic N) is 3. The maximum absolute atomic E-state index is 11.6. The van der Waals surface area contributed by atoms with Crippen molar-refractivity contribution >= 4 is 29.1 Å². The number of hydrogen-bond acceptors (Lipinski definition) is 7. The van der Waals surface area contributed by atoms with Gasteiger partial charge < -0.3 is 13.7 Å². The average molecular weight is 349 g/mol. The minimum Gasteiger partial charge on any atom is -0.463 e. The predicted molar refractivity (Wildman–Crippen MR) is 87.7 cm³/mol. The first-order valence-corrected chi connectivity index (χ1v) is 8.82. The zero-order chi connectivity index (χ0) is 16.1. The van der Waals surface area contributed by atoms with Crippen molar-refractivity contribution in [2.75, 3.05) is 7.11 Å². The Balaban J connectivity index is 1.62. The lowest BCUT2D eigenvalue weighted by molar-refractivity contribution is 0.0564. The number of aryl methyl sites for hydroxylation is 2. The van der Waals surface area contributed by atoms with Gasteiger partial charge in [0.05, 0.1) is 13.4 Å². The lowest BCUT2D eigenvalue weighted by atomic mass is 10.3. The van der Waals surface area contributed by atoms with Crippen LogP contribution >= 0.6 is 23.1 Å². The minimum absolute atomic E-state index is 0.240. The molecule has 0 saturated heterocycles. The summed E-state index contributed by atoms with van der Waals surface area (Å²) in [5.74, 6) is 0.341. The predicted octanol–water partition coefficient (Wildman–Crippen LogP) is 3.25. The molecule has 0 saturated carbocycles. The Bertz CT molecular complexity index is 765.